The Hall–Kier alpha value is -3.90. The van der Waals surface area contributed by atoms with Crippen molar-refractivity contribution in [1.82, 2.24) is 30.0 Å². The van der Waals surface area contributed by atoms with Crippen LogP contribution in [0.5, 0.6) is 5.75 Å². The van der Waals surface area contributed by atoms with Crippen molar-refractivity contribution in [2.45, 2.75) is 27.6 Å². The predicted octanol–water partition coefficient (Wildman–Crippen LogP) is 5.54. The molecular formula is C31H35F2N9OS2. The average Bonchev–Trinajstić information content (AvgIpc) is 3.44. The van der Waals surface area contributed by atoms with Gasteiger partial charge in [0, 0.05) is 61.7 Å². The molecule has 0 aliphatic carbocycles. The van der Waals surface area contributed by atoms with E-state index in [4.69, 9.17) is 20.0 Å². The molecule has 10 nitrogen and oxygen atoms in total. The molecule has 2 aromatic heterocycles. The third-order valence-corrected chi connectivity index (χ3v) is 9.18. The van der Waals surface area contributed by atoms with E-state index >= 15 is 4.39 Å². The number of aromatic amines is 1. The lowest BCUT2D eigenvalue weighted by Crippen LogP contribution is -2.48. The van der Waals surface area contributed by atoms with E-state index in [1.807, 2.05) is 19.1 Å². The number of hydrogen-bond donors (Lipinski definition) is 2. The van der Waals surface area contributed by atoms with Crippen LogP contribution in [0.1, 0.15) is 16.8 Å². The maximum absolute atomic E-state index is 15.4. The molecule has 2 N–H and O–H groups in total. The second-order valence-corrected chi connectivity index (χ2v) is 12.8. The molecule has 1 fully saturated rings. The minimum atomic E-state index is -0.544. The lowest BCUT2D eigenvalue weighted by atomic mass is 10.1. The number of hydrogen-bond acceptors (Lipinski definition) is 11. The number of anilines is 3. The number of piperazine rings is 1. The summed E-state index contributed by atoms with van der Waals surface area (Å²) in [5, 5.41) is 19.9. The van der Waals surface area contributed by atoms with E-state index in [-0.39, 0.29) is 11.3 Å². The Morgan fingerprint density at radius 3 is 2.58 bits per heavy atom. The Kier molecular flexibility index (Phi) is 10.8. The number of nitrogens with zero attached hydrogens (tertiary/aromatic N) is 7. The first-order valence-corrected chi connectivity index (χ1v) is 16.2. The zero-order chi connectivity index (χ0) is 31.9. The van der Waals surface area contributed by atoms with Gasteiger partial charge < -0.3 is 19.9 Å². The van der Waals surface area contributed by atoms with Crippen molar-refractivity contribution in [3.05, 3.63) is 70.9 Å². The molecule has 5 rings (SSSR count). The second-order valence-electron chi connectivity index (χ2n) is 10.8. The Labute approximate surface area is 270 Å². The first kappa shape index (κ1) is 32.5. The van der Waals surface area contributed by atoms with Crippen LogP contribution in [0.25, 0.3) is 0 Å². The molecule has 1 saturated heterocycles. The van der Waals surface area contributed by atoms with Gasteiger partial charge >= 0.3 is 0 Å². The molecule has 1 aliphatic rings. The number of H-pyrrole nitrogens is 1. The zero-order valence-corrected chi connectivity index (χ0v) is 27.2. The van der Waals surface area contributed by atoms with Crippen LogP contribution in [-0.2, 0) is 5.75 Å². The third-order valence-electron chi connectivity index (χ3n) is 7.22. The minimum Gasteiger partial charge on any atom is -0.490 e. The van der Waals surface area contributed by atoms with Crippen LogP contribution in [0.4, 0.5) is 26.2 Å². The summed E-state index contributed by atoms with van der Waals surface area (Å²) in [6, 6.07) is 13.3. The van der Waals surface area contributed by atoms with Gasteiger partial charge in [0.1, 0.15) is 17.7 Å². The summed E-state index contributed by atoms with van der Waals surface area (Å²) in [6.07, 6.45) is 0. The van der Waals surface area contributed by atoms with Crippen LogP contribution in [0.2, 0.25) is 0 Å². The summed E-state index contributed by atoms with van der Waals surface area (Å²) in [6.45, 7) is 7.15. The van der Waals surface area contributed by atoms with Gasteiger partial charge in [0.15, 0.2) is 22.6 Å². The summed E-state index contributed by atoms with van der Waals surface area (Å²) < 4.78 is 35.7. The Bertz CT molecular complexity index is 1670. The van der Waals surface area contributed by atoms with E-state index in [0.29, 0.717) is 43.7 Å². The molecule has 2 aromatic carbocycles. The van der Waals surface area contributed by atoms with Gasteiger partial charge in [-0.15, -0.1) is 11.8 Å². The third kappa shape index (κ3) is 8.23. The molecule has 0 bridgehead atoms. The number of ether oxygens (including phenoxy) is 1. The fourth-order valence-electron chi connectivity index (χ4n) is 4.77. The predicted molar refractivity (Wildman–Crippen MR) is 174 cm³/mol. The van der Waals surface area contributed by atoms with Crippen LogP contribution in [0.3, 0.4) is 0 Å². The smallest absolute Gasteiger partial charge is 0.204 e. The van der Waals surface area contributed by atoms with Gasteiger partial charge in [-0.1, -0.05) is 12.1 Å². The van der Waals surface area contributed by atoms with E-state index in [0.717, 1.165) is 56.7 Å². The highest BCUT2D eigenvalue weighted by atomic mass is 32.2. The standard InChI is InChI=1S/C31H35F2N9OS2/c1-20-16-26(39-38-20)35-29-28(43-4)30(42-14-12-41(13-15-42)11-10-40(2)3)37-31(36-29)45-25-9-8-23(17-24(25)32)44-19-22-7-5-6-21(18-34)27(22)33/h5-9,16-17H,10-15,19H2,1-4H3,(H2,35,36,37,38,39). The summed E-state index contributed by atoms with van der Waals surface area (Å²) in [5.41, 5.74) is 1.27. The molecule has 45 heavy (non-hydrogen) atoms. The molecule has 0 spiro atoms. The van der Waals surface area contributed by atoms with Crippen LogP contribution in [0.15, 0.2) is 57.4 Å². The topological polar surface area (TPSA) is 109 Å². The van der Waals surface area contributed by atoms with Gasteiger partial charge in [-0.2, -0.15) is 10.4 Å². The van der Waals surface area contributed by atoms with Gasteiger partial charge in [0.2, 0.25) is 5.75 Å². The van der Waals surface area contributed by atoms with Crippen molar-refractivity contribution in [1.29, 1.82) is 5.26 Å². The summed E-state index contributed by atoms with van der Waals surface area (Å²) >= 11 is 2.41. The molecule has 4 aromatic rings. The fourth-order valence-corrected chi connectivity index (χ4v) is 6.43. The molecule has 3 heterocycles. The Morgan fingerprint density at radius 2 is 1.91 bits per heavy atom. The summed E-state index contributed by atoms with van der Waals surface area (Å²) in [4.78, 5) is 17.3. The molecule has 1 aliphatic heterocycles. The highest BCUT2D eigenvalue weighted by Crippen LogP contribution is 2.39. The van der Waals surface area contributed by atoms with Crippen molar-refractivity contribution >= 4 is 41.0 Å². The molecule has 0 saturated carbocycles. The van der Waals surface area contributed by atoms with Crippen molar-refractivity contribution in [2.75, 3.05) is 70.7 Å². The number of methoxy groups -OCH3 is 1. The lowest BCUT2D eigenvalue weighted by molar-refractivity contribution is 0.228. The van der Waals surface area contributed by atoms with Gasteiger partial charge in [0.05, 0.1) is 17.6 Å². The first-order valence-electron chi connectivity index (χ1n) is 14.4. The van der Waals surface area contributed by atoms with Crippen molar-refractivity contribution < 1.29 is 13.5 Å². The van der Waals surface area contributed by atoms with Crippen molar-refractivity contribution in [2.24, 2.45) is 0 Å². The Morgan fingerprint density at radius 1 is 1.11 bits per heavy atom. The van der Waals surface area contributed by atoms with E-state index in [2.05, 4.69) is 44.3 Å². The van der Waals surface area contributed by atoms with Crippen LogP contribution < -0.4 is 15.0 Å². The zero-order valence-electron chi connectivity index (χ0n) is 25.6. The number of benzene rings is 2. The molecule has 0 unspecified atom stereocenters. The van der Waals surface area contributed by atoms with Crippen molar-refractivity contribution in [3.63, 3.8) is 0 Å². The number of aryl methyl sites for hydroxylation is 1. The first-order chi connectivity index (χ1) is 21.7. The quantitative estimate of drug-likeness (QED) is 0.149. The second kappa shape index (κ2) is 14.9. The highest BCUT2D eigenvalue weighted by molar-refractivity contribution is 7.99. The molecule has 0 atom stereocenters. The number of nitriles is 1. The number of rotatable bonds is 12. The number of nitrogens with one attached hydrogen (secondary N) is 2. The van der Waals surface area contributed by atoms with Gasteiger partial charge in [-0.05, 0) is 62.6 Å². The molecule has 0 radical (unpaired) electrons. The fraction of sp³-hybridized carbons (Fsp3) is 0.355. The maximum Gasteiger partial charge on any atom is 0.204 e. The molecular weight excluding hydrogens is 617 g/mol. The normalized spacial score (nSPS) is 13.7. The number of thioether (sulfide) groups is 1. The van der Waals surface area contributed by atoms with Gasteiger partial charge in [-0.3, -0.25) is 10.00 Å². The maximum atomic E-state index is 15.4. The van der Waals surface area contributed by atoms with E-state index in [1.54, 1.807) is 31.4 Å². The monoisotopic (exact) mass is 651 g/mol. The SMILES string of the molecule is COc1c(Nc2cc(C)[nH]n2)nc(Sc2ccc(SCc3cccc(C#N)c3F)cc2F)nc1N1CCN(CCN(C)C)CC1. The van der Waals surface area contributed by atoms with E-state index < -0.39 is 11.6 Å². The van der Waals surface area contributed by atoms with E-state index in [1.165, 1.54) is 23.9 Å². The number of likely N-dealkylation sites (N-methyl/N-ethyl adjacent to an activating group) is 1. The number of halogens is 2. The van der Waals surface area contributed by atoms with Crippen LogP contribution in [-0.4, -0.2) is 90.4 Å². The molecule has 236 valence electrons. The Balaban J connectivity index is 1.37. The van der Waals surface area contributed by atoms with E-state index in [9.17, 15) is 4.39 Å². The van der Waals surface area contributed by atoms with Crippen LogP contribution >= 0.6 is 23.5 Å². The summed E-state index contributed by atoms with van der Waals surface area (Å²) in [5.74, 6) is 1.40. The highest BCUT2D eigenvalue weighted by Gasteiger charge is 2.26. The summed E-state index contributed by atoms with van der Waals surface area (Å²) in [7, 11) is 5.73. The largest absolute Gasteiger partial charge is 0.490 e. The van der Waals surface area contributed by atoms with Crippen LogP contribution in [0, 0.1) is 29.9 Å². The van der Waals surface area contributed by atoms with Crippen molar-refractivity contribution in [3.8, 4) is 11.8 Å². The average molecular weight is 652 g/mol. The number of aromatic nitrogens is 4. The molecule has 14 heteroatoms. The minimum absolute atomic E-state index is 0.00706. The molecule has 0 amide bonds. The van der Waals surface area contributed by atoms with Gasteiger partial charge in [-0.25, -0.2) is 18.7 Å². The lowest BCUT2D eigenvalue weighted by Gasteiger charge is -2.36. The van der Waals surface area contributed by atoms with Gasteiger partial charge in [0.25, 0.3) is 0 Å².